The molecule has 0 radical (unpaired) electrons. The van der Waals surface area contributed by atoms with E-state index in [2.05, 4.69) is 26.3 Å². The molecular formula is C21H18N4O2. The molecule has 0 unspecified atom stereocenters. The number of nitrogens with zero attached hydrogens (tertiary/aromatic N) is 2. The number of benzene rings is 2. The highest BCUT2D eigenvalue weighted by Gasteiger charge is 2.08. The summed E-state index contributed by atoms with van der Waals surface area (Å²) >= 11 is 0. The third-order valence-electron chi connectivity index (χ3n) is 4.17. The minimum atomic E-state index is -0.0478. The van der Waals surface area contributed by atoms with Gasteiger partial charge in [0.1, 0.15) is 5.75 Å². The molecule has 2 aromatic carbocycles. The van der Waals surface area contributed by atoms with Gasteiger partial charge in [-0.2, -0.15) is 0 Å². The van der Waals surface area contributed by atoms with E-state index in [1.807, 2.05) is 36.5 Å². The quantitative estimate of drug-likeness (QED) is 0.538. The van der Waals surface area contributed by atoms with Crippen molar-refractivity contribution in [3.05, 3.63) is 78.8 Å². The number of aromatic nitrogens is 3. The maximum Gasteiger partial charge on any atom is 0.321 e. The monoisotopic (exact) mass is 358 g/mol. The number of rotatable bonds is 6. The van der Waals surface area contributed by atoms with Crippen LogP contribution in [0.4, 0.5) is 5.69 Å². The zero-order valence-electron chi connectivity index (χ0n) is 14.6. The van der Waals surface area contributed by atoms with Crippen LogP contribution >= 0.6 is 0 Å². The predicted molar refractivity (Wildman–Crippen MR) is 104 cm³/mol. The Bertz CT molecular complexity index is 1060. The van der Waals surface area contributed by atoms with Crippen molar-refractivity contribution in [3.63, 3.8) is 0 Å². The molecule has 0 aliphatic carbocycles. The summed E-state index contributed by atoms with van der Waals surface area (Å²) in [4.78, 5) is 23.6. The summed E-state index contributed by atoms with van der Waals surface area (Å²) in [6, 6.07) is 17.2. The number of amides is 1. The summed E-state index contributed by atoms with van der Waals surface area (Å²) in [6.07, 6.45) is 6.25. The first-order valence-electron chi connectivity index (χ1n) is 8.68. The maximum absolute atomic E-state index is 12.3. The second-order valence-electron chi connectivity index (χ2n) is 6.07. The number of aryl methyl sites for hydroxylation is 1. The van der Waals surface area contributed by atoms with Crippen molar-refractivity contribution in [2.75, 3.05) is 5.32 Å². The van der Waals surface area contributed by atoms with Crippen molar-refractivity contribution in [3.8, 4) is 11.8 Å². The van der Waals surface area contributed by atoms with Crippen LogP contribution in [0.5, 0.6) is 11.8 Å². The Labute approximate surface area is 156 Å². The summed E-state index contributed by atoms with van der Waals surface area (Å²) in [6.45, 7) is 0. The lowest BCUT2D eigenvalue weighted by Gasteiger charge is -2.08. The fourth-order valence-corrected chi connectivity index (χ4v) is 2.89. The Balaban J connectivity index is 1.37. The van der Waals surface area contributed by atoms with Crippen molar-refractivity contribution in [1.82, 2.24) is 15.0 Å². The number of hydrogen-bond donors (Lipinski definition) is 2. The number of hydrogen-bond acceptors (Lipinski definition) is 4. The molecular weight excluding hydrogens is 340 g/mol. The third-order valence-corrected chi connectivity index (χ3v) is 4.17. The van der Waals surface area contributed by atoms with Crippen LogP contribution in [-0.2, 0) is 11.2 Å². The first kappa shape index (κ1) is 16.8. The molecule has 0 saturated carbocycles. The molecule has 0 bridgehead atoms. The number of ether oxygens (including phenoxy) is 1. The fourth-order valence-electron chi connectivity index (χ4n) is 2.89. The van der Waals surface area contributed by atoms with Crippen LogP contribution in [0.3, 0.4) is 0 Å². The molecule has 0 saturated heterocycles. The van der Waals surface area contributed by atoms with Crippen molar-refractivity contribution in [1.29, 1.82) is 0 Å². The number of para-hydroxylation sites is 1. The zero-order valence-corrected chi connectivity index (χ0v) is 14.6. The van der Waals surface area contributed by atoms with Crippen LogP contribution in [0.15, 0.2) is 73.2 Å². The van der Waals surface area contributed by atoms with Crippen LogP contribution in [0.25, 0.3) is 10.9 Å². The number of nitrogens with one attached hydrogen (secondary N) is 2. The Morgan fingerprint density at radius 3 is 2.78 bits per heavy atom. The van der Waals surface area contributed by atoms with Gasteiger partial charge in [-0.05, 0) is 36.2 Å². The van der Waals surface area contributed by atoms with Crippen LogP contribution in [-0.4, -0.2) is 20.9 Å². The smallest absolute Gasteiger partial charge is 0.321 e. The Morgan fingerprint density at radius 2 is 1.89 bits per heavy atom. The lowest BCUT2D eigenvalue weighted by molar-refractivity contribution is -0.116. The van der Waals surface area contributed by atoms with Gasteiger partial charge < -0.3 is 15.0 Å². The Kier molecular flexibility index (Phi) is 4.78. The normalized spacial score (nSPS) is 10.7. The predicted octanol–water partition coefficient (Wildman–Crippen LogP) is 4.32. The molecule has 0 atom stereocenters. The lowest BCUT2D eigenvalue weighted by atomic mass is 10.1. The molecule has 6 heteroatoms. The number of H-pyrrole nitrogens is 1. The van der Waals surface area contributed by atoms with Gasteiger partial charge in [0.25, 0.3) is 0 Å². The molecule has 27 heavy (non-hydrogen) atoms. The maximum atomic E-state index is 12.3. The highest BCUT2D eigenvalue weighted by atomic mass is 16.5. The lowest BCUT2D eigenvalue weighted by Crippen LogP contribution is -2.12. The van der Waals surface area contributed by atoms with E-state index in [-0.39, 0.29) is 11.9 Å². The molecule has 0 fully saturated rings. The second-order valence-corrected chi connectivity index (χ2v) is 6.07. The van der Waals surface area contributed by atoms with Crippen molar-refractivity contribution in [2.45, 2.75) is 12.8 Å². The summed E-state index contributed by atoms with van der Waals surface area (Å²) in [5, 5.41) is 4.06. The van der Waals surface area contributed by atoms with E-state index in [9.17, 15) is 4.79 Å². The highest BCUT2D eigenvalue weighted by Crippen LogP contribution is 2.22. The van der Waals surface area contributed by atoms with Crippen LogP contribution in [0.1, 0.15) is 12.0 Å². The molecule has 2 aromatic heterocycles. The van der Waals surface area contributed by atoms with Gasteiger partial charge in [0.15, 0.2) is 0 Å². The SMILES string of the molecule is O=C(CCc1c[nH]c2ccccc12)Nc1cccc(Oc2ncccn2)c1. The van der Waals surface area contributed by atoms with E-state index in [1.165, 1.54) is 0 Å². The van der Waals surface area contributed by atoms with E-state index >= 15 is 0 Å². The number of carbonyl (C=O) groups is 1. The summed E-state index contributed by atoms with van der Waals surface area (Å²) in [5.41, 5.74) is 2.90. The molecule has 4 rings (SSSR count). The Morgan fingerprint density at radius 1 is 1.04 bits per heavy atom. The minimum Gasteiger partial charge on any atom is -0.424 e. The molecule has 1 amide bonds. The average Bonchev–Trinajstić information content (AvgIpc) is 3.11. The molecule has 4 aromatic rings. The number of fused-ring (bicyclic) bond motifs is 1. The summed E-state index contributed by atoms with van der Waals surface area (Å²) in [5.74, 6) is 0.518. The highest BCUT2D eigenvalue weighted by molar-refractivity contribution is 5.91. The van der Waals surface area contributed by atoms with E-state index in [0.29, 0.717) is 24.3 Å². The van der Waals surface area contributed by atoms with Gasteiger partial charge in [-0.3, -0.25) is 4.79 Å². The molecule has 0 aliphatic rings. The van der Waals surface area contributed by atoms with Crippen LogP contribution < -0.4 is 10.1 Å². The van der Waals surface area contributed by atoms with Gasteiger partial charge in [-0.15, -0.1) is 0 Å². The van der Waals surface area contributed by atoms with E-state index in [4.69, 9.17) is 4.74 Å². The fraction of sp³-hybridized carbons (Fsp3) is 0.0952. The molecule has 6 nitrogen and oxygen atoms in total. The van der Waals surface area contributed by atoms with Crippen molar-refractivity contribution in [2.24, 2.45) is 0 Å². The van der Waals surface area contributed by atoms with Gasteiger partial charge in [0.2, 0.25) is 5.91 Å². The van der Waals surface area contributed by atoms with Gasteiger partial charge in [0, 0.05) is 47.7 Å². The van der Waals surface area contributed by atoms with E-state index in [1.54, 1.807) is 30.6 Å². The van der Waals surface area contributed by atoms with Crippen LogP contribution in [0.2, 0.25) is 0 Å². The van der Waals surface area contributed by atoms with Gasteiger partial charge in [0.05, 0.1) is 0 Å². The average molecular weight is 358 g/mol. The van der Waals surface area contributed by atoms with Crippen molar-refractivity contribution >= 4 is 22.5 Å². The molecule has 0 spiro atoms. The Hall–Kier alpha value is -3.67. The van der Waals surface area contributed by atoms with Gasteiger partial charge in [-0.25, -0.2) is 9.97 Å². The summed E-state index contributed by atoms with van der Waals surface area (Å²) < 4.78 is 5.59. The van der Waals surface area contributed by atoms with Gasteiger partial charge >= 0.3 is 6.01 Å². The molecule has 2 heterocycles. The first-order valence-corrected chi connectivity index (χ1v) is 8.68. The second kappa shape index (κ2) is 7.70. The molecule has 134 valence electrons. The van der Waals surface area contributed by atoms with E-state index < -0.39 is 0 Å². The number of anilines is 1. The van der Waals surface area contributed by atoms with Crippen molar-refractivity contribution < 1.29 is 9.53 Å². The molecule has 2 N–H and O–H groups in total. The first-order chi connectivity index (χ1) is 13.3. The van der Waals surface area contributed by atoms with Crippen LogP contribution in [0, 0.1) is 0 Å². The topological polar surface area (TPSA) is 79.9 Å². The third kappa shape index (κ3) is 4.12. The van der Waals surface area contributed by atoms with Gasteiger partial charge in [-0.1, -0.05) is 24.3 Å². The standard InChI is InChI=1S/C21H18N4O2/c26-20(10-9-15-14-24-19-8-2-1-7-18(15)19)25-16-5-3-6-17(13-16)27-21-22-11-4-12-23-21/h1-8,11-14,24H,9-10H2,(H,25,26). The summed E-state index contributed by atoms with van der Waals surface area (Å²) in [7, 11) is 0. The number of aromatic amines is 1. The molecule has 0 aliphatic heterocycles. The zero-order chi connectivity index (χ0) is 18.5. The minimum absolute atomic E-state index is 0.0478. The number of carbonyl (C=O) groups excluding carboxylic acids is 1. The van der Waals surface area contributed by atoms with E-state index in [0.717, 1.165) is 16.5 Å². The largest absolute Gasteiger partial charge is 0.424 e.